The van der Waals surface area contributed by atoms with Crippen LogP contribution in [0.15, 0.2) is 12.7 Å². The SMILES string of the molecule is C=CCN(CCO)CC(=O)NC(=O)NCC(C)C. The maximum Gasteiger partial charge on any atom is 0.321 e. The van der Waals surface area contributed by atoms with Crippen LogP contribution in [0.2, 0.25) is 0 Å². The van der Waals surface area contributed by atoms with Crippen molar-refractivity contribution >= 4 is 11.9 Å². The van der Waals surface area contributed by atoms with Crippen LogP contribution in [0.25, 0.3) is 0 Å². The van der Waals surface area contributed by atoms with Crippen molar-refractivity contribution in [3.05, 3.63) is 12.7 Å². The average molecular weight is 257 g/mol. The molecule has 0 aliphatic heterocycles. The first kappa shape index (κ1) is 16.6. The van der Waals surface area contributed by atoms with Crippen molar-refractivity contribution in [2.75, 3.05) is 32.8 Å². The summed E-state index contributed by atoms with van der Waals surface area (Å²) in [6.45, 7) is 8.89. The van der Waals surface area contributed by atoms with Gasteiger partial charge in [0.15, 0.2) is 0 Å². The monoisotopic (exact) mass is 257 g/mol. The van der Waals surface area contributed by atoms with E-state index in [4.69, 9.17) is 5.11 Å². The van der Waals surface area contributed by atoms with Gasteiger partial charge in [0.1, 0.15) is 0 Å². The summed E-state index contributed by atoms with van der Waals surface area (Å²) in [6, 6.07) is -0.490. The summed E-state index contributed by atoms with van der Waals surface area (Å²) in [5, 5.41) is 13.6. The zero-order valence-electron chi connectivity index (χ0n) is 11.1. The second kappa shape index (κ2) is 9.61. The van der Waals surface area contributed by atoms with Crippen LogP contribution in [-0.4, -0.2) is 54.7 Å². The van der Waals surface area contributed by atoms with E-state index in [9.17, 15) is 9.59 Å². The highest BCUT2D eigenvalue weighted by molar-refractivity contribution is 5.95. The van der Waals surface area contributed by atoms with Gasteiger partial charge in [-0.1, -0.05) is 19.9 Å². The summed E-state index contributed by atoms with van der Waals surface area (Å²) in [5.74, 6) is -0.0657. The Morgan fingerprint density at radius 1 is 1.44 bits per heavy atom. The number of carbonyl (C=O) groups is 2. The van der Waals surface area contributed by atoms with Crippen LogP contribution in [0.4, 0.5) is 4.79 Å². The molecule has 0 bridgehead atoms. The van der Waals surface area contributed by atoms with Gasteiger partial charge < -0.3 is 10.4 Å². The van der Waals surface area contributed by atoms with E-state index in [1.807, 2.05) is 13.8 Å². The molecular weight excluding hydrogens is 234 g/mol. The lowest BCUT2D eigenvalue weighted by Gasteiger charge is -2.18. The number of hydrogen-bond donors (Lipinski definition) is 3. The Balaban J connectivity index is 3.99. The van der Waals surface area contributed by atoms with Crippen molar-refractivity contribution in [2.24, 2.45) is 5.92 Å². The molecule has 0 atom stereocenters. The first-order valence-electron chi connectivity index (χ1n) is 6.01. The van der Waals surface area contributed by atoms with Gasteiger partial charge in [0.05, 0.1) is 13.2 Å². The second-order valence-corrected chi connectivity index (χ2v) is 4.40. The van der Waals surface area contributed by atoms with Gasteiger partial charge in [-0.3, -0.25) is 15.0 Å². The fourth-order valence-corrected chi connectivity index (χ4v) is 1.27. The van der Waals surface area contributed by atoms with Crippen LogP contribution in [-0.2, 0) is 4.79 Å². The predicted molar refractivity (Wildman–Crippen MR) is 70.1 cm³/mol. The number of hydrogen-bond acceptors (Lipinski definition) is 4. The zero-order valence-corrected chi connectivity index (χ0v) is 11.1. The number of nitrogens with zero attached hydrogens (tertiary/aromatic N) is 1. The Morgan fingerprint density at radius 2 is 2.11 bits per heavy atom. The molecule has 104 valence electrons. The Hall–Kier alpha value is -1.40. The van der Waals surface area contributed by atoms with Crippen LogP contribution in [0.3, 0.4) is 0 Å². The van der Waals surface area contributed by atoms with Gasteiger partial charge in [0, 0.05) is 19.6 Å². The number of nitrogens with one attached hydrogen (secondary N) is 2. The van der Waals surface area contributed by atoms with Gasteiger partial charge >= 0.3 is 6.03 Å². The van der Waals surface area contributed by atoms with Gasteiger partial charge in [0.2, 0.25) is 5.91 Å². The fourth-order valence-electron chi connectivity index (χ4n) is 1.27. The van der Waals surface area contributed by atoms with Gasteiger partial charge in [-0.05, 0) is 5.92 Å². The van der Waals surface area contributed by atoms with E-state index in [1.165, 1.54) is 0 Å². The van der Waals surface area contributed by atoms with Gasteiger partial charge in [-0.2, -0.15) is 0 Å². The Morgan fingerprint density at radius 3 is 2.61 bits per heavy atom. The summed E-state index contributed by atoms with van der Waals surface area (Å²) >= 11 is 0. The van der Waals surface area contributed by atoms with Crippen molar-refractivity contribution in [1.82, 2.24) is 15.5 Å². The molecule has 3 amide bonds. The lowest BCUT2D eigenvalue weighted by atomic mass is 10.2. The molecule has 0 heterocycles. The molecule has 0 spiro atoms. The average Bonchev–Trinajstić information content (AvgIpc) is 2.26. The van der Waals surface area contributed by atoms with E-state index in [1.54, 1.807) is 11.0 Å². The number of aliphatic hydroxyl groups is 1. The Bertz CT molecular complexity index is 280. The third-order valence-electron chi connectivity index (χ3n) is 2.09. The quantitative estimate of drug-likeness (QED) is 0.532. The van der Waals surface area contributed by atoms with Gasteiger partial charge in [0.25, 0.3) is 0 Å². The van der Waals surface area contributed by atoms with Crippen molar-refractivity contribution in [1.29, 1.82) is 0 Å². The van der Waals surface area contributed by atoms with E-state index in [2.05, 4.69) is 17.2 Å². The predicted octanol–water partition coefficient (Wildman–Crippen LogP) is -0.0515. The summed E-state index contributed by atoms with van der Waals surface area (Å²) in [5.41, 5.74) is 0. The van der Waals surface area contributed by atoms with Crippen LogP contribution in [0, 0.1) is 5.92 Å². The van der Waals surface area contributed by atoms with Gasteiger partial charge in [-0.25, -0.2) is 4.79 Å². The Kier molecular flexibility index (Phi) is 8.86. The van der Waals surface area contributed by atoms with Crippen molar-refractivity contribution < 1.29 is 14.7 Å². The van der Waals surface area contributed by atoms with Crippen molar-refractivity contribution in [3.63, 3.8) is 0 Å². The lowest BCUT2D eigenvalue weighted by molar-refractivity contribution is -0.121. The molecule has 0 aliphatic carbocycles. The van der Waals surface area contributed by atoms with Crippen LogP contribution < -0.4 is 10.6 Å². The highest BCUT2D eigenvalue weighted by Crippen LogP contribution is 1.89. The highest BCUT2D eigenvalue weighted by Gasteiger charge is 2.11. The smallest absolute Gasteiger partial charge is 0.321 e. The molecular formula is C12H23N3O3. The summed E-state index contributed by atoms with van der Waals surface area (Å²) in [4.78, 5) is 24.5. The Labute approximate surface area is 108 Å². The lowest BCUT2D eigenvalue weighted by Crippen LogP contribution is -2.45. The van der Waals surface area contributed by atoms with E-state index in [-0.39, 0.29) is 13.2 Å². The third-order valence-corrected chi connectivity index (χ3v) is 2.09. The maximum atomic E-state index is 11.5. The van der Waals surface area contributed by atoms with Crippen LogP contribution in [0.5, 0.6) is 0 Å². The molecule has 0 aromatic carbocycles. The molecule has 0 aromatic rings. The summed E-state index contributed by atoms with van der Waals surface area (Å²) in [7, 11) is 0. The molecule has 0 aliphatic rings. The first-order chi connectivity index (χ1) is 8.49. The summed E-state index contributed by atoms with van der Waals surface area (Å²) in [6.07, 6.45) is 1.64. The molecule has 0 radical (unpaired) electrons. The molecule has 0 saturated carbocycles. The zero-order chi connectivity index (χ0) is 14.0. The maximum absolute atomic E-state index is 11.5. The van der Waals surface area contributed by atoms with E-state index in [0.717, 1.165) is 0 Å². The molecule has 0 aromatic heterocycles. The van der Waals surface area contributed by atoms with Crippen LogP contribution in [0.1, 0.15) is 13.8 Å². The molecule has 18 heavy (non-hydrogen) atoms. The van der Waals surface area contributed by atoms with E-state index in [0.29, 0.717) is 25.6 Å². The van der Waals surface area contributed by atoms with E-state index < -0.39 is 11.9 Å². The number of carbonyl (C=O) groups excluding carboxylic acids is 2. The molecule has 3 N–H and O–H groups in total. The second-order valence-electron chi connectivity index (χ2n) is 4.40. The molecule has 6 heteroatoms. The minimum absolute atomic E-state index is 0.0410. The number of imide groups is 1. The fraction of sp³-hybridized carbons (Fsp3) is 0.667. The molecule has 0 unspecified atom stereocenters. The first-order valence-corrected chi connectivity index (χ1v) is 6.01. The normalized spacial score (nSPS) is 10.5. The molecule has 6 nitrogen and oxygen atoms in total. The standard InChI is InChI=1S/C12H23N3O3/c1-4-5-15(6-7-16)9-11(17)14-12(18)13-8-10(2)3/h4,10,16H,1,5-9H2,2-3H3,(H2,13,14,17,18). The minimum Gasteiger partial charge on any atom is -0.395 e. The van der Waals surface area contributed by atoms with Crippen molar-refractivity contribution in [2.45, 2.75) is 13.8 Å². The number of aliphatic hydroxyl groups excluding tert-OH is 1. The number of urea groups is 1. The number of rotatable bonds is 8. The molecule has 0 saturated heterocycles. The van der Waals surface area contributed by atoms with Crippen molar-refractivity contribution in [3.8, 4) is 0 Å². The van der Waals surface area contributed by atoms with Crippen LogP contribution >= 0.6 is 0 Å². The minimum atomic E-state index is -0.490. The molecule has 0 fully saturated rings. The third kappa shape index (κ3) is 8.72. The van der Waals surface area contributed by atoms with Gasteiger partial charge in [-0.15, -0.1) is 6.58 Å². The largest absolute Gasteiger partial charge is 0.395 e. The highest BCUT2D eigenvalue weighted by atomic mass is 16.3. The number of amides is 3. The topological polar surface area (TPSA) is 81.7 Å². The van der Waals surface area contributed by atoms with E-state index >= 15 is 0 Å². The molecule has 0 rings (SSSR count). The summed E-state index contributed by atoms with van der Waals surface area (Å²) < 4.78 is 0.